The van der Waals surface area contributed by atoms with E-state index in [1.54, 1.807) is 6.07 Å². The minimum absolute atomic E-state index is 0.104. The van der Waals surface area contributed by atoms with Gasteiger partial charge in [0.2, 0.25) is 5.91 Å². The molecule has 1 aromatic rings. The smallest absolute Gasteiger partial charge is 0.240 e. The second kappa shape index (κ2) is 6.02. The second-order valence-electron chi connectivity index (χ2n) is 6.59. The van der Waals surface area contributed by atoms with Crippen molar-refractivity contribution in [1.29, 1.82) is 0 Å². The Kier molecular flexibility index (Phi) is 4.52. The molecule has 5 heteroatoms. The summed E-state index contributed by atoms with van der Waals surface area (Å²) in [7, 11) is 0. The highest BCUT2D eigenvalue weighted by molar-refractivity contribution is 5.84. The van der Waals surface area contributed by atoms with E-state index in [0.29, 0.717) is 12.1 Å². The maximum atomic E-state index is 14.2. The molecule has 1 amide bonds. The Labute approximate surface area is 125 Å². The molecule has 116 valence electrons. The van der Waals surface area contributed by atoms with E-state index in [1.807, 2.05) is 31.7 Å². The molecule has 2 rings (SSSR count). The number of hydrogen-bond donors (Lipinski definition) is 2. The predicted molar refractivity (Wildman–Crippen MR) is 82.6 cm³/mol. The number of rotatable bonds is 4. The van der Waals surface area contributed by atoms with Crippen molar-refractivity contribution in [3.63, 3.8) is 0 Å². The SMILES string of the molecule is CC(C)(C)NCc1c(F)cccc1N1CCCC1C(N)=O. The molecular formula is C16H24FN3O. The minimum atomic E-state index is -0.341. The molecule has 0 bridgehead atoms. The topological polar surface area (TPSA) is 58.4 Å². The van der Waals surface area contributed by atoms with Crippen LogP contribution in [0.25, 0.3) is 0 Å². The van der Waals surface area contributed by atoms with Gasteiger partial charge in [0.1, 0.15) is 11.9 Å². The van der Waals surface area contributed by atoms with Crippen molar-refractivity contribution in [2.75, 3.05) is 11.4 Å². The summed E-state index contributed by atoms with van der Waals surface area (Å²) < 4.78 is 14.2. The molecule has 0 spiro atoms. The molecule has 1 aromatic carbocycles. The van der Waals surface area contributed by atoms with Crippen molar-refractivity contribution >= 4 is 11.6 Å². The van der Waals surface area contributed by atoms with Gasteiger partial charge in [-0.15, -0.1) is 0 Å². The quantitative estimate of drug-likeness (QED) is 0.894. The molecule has 1 unspecified atom stereocenters. The normalized spacial score (nSPS) is 19.0. The maximum Gasteiger partial charge on any atom is 0.240 e. The summed E-state index contributed by atoms with van der Waals surface area (Å²) in [6.07, 6.45) is 1.63. The van der Waals surface area contributed by atoms with Crippen molar-refractivity contribution in [3.05, 3.63) is 29.6 Å². The van der Waals surface area contributed by atoms with Gasteiger partial charge in [0.15, 0.2) is 0 Å². The van der Waals surface area contributed by atoms with Gasteiger partial charge in [-0.3, -0.25) is 4.79 Å². The molecule has 1 fully saturated rings. The van der Waals surface area contributed by atoms with Gasteiger partial charge in [-0.2, -0.15) is 0 Å². The third kappa shape index (κ3) is 3.73. The van der Waals surface area contributed by atoms with Gasteiger partial charge in [0.25, 0.3) is 0 Å². The van der Waals surface area contributed by atoms with Crippen LogP contribution in [0.3, 0.4) is 0 Å². The lowest BCUT2D eigenvalue weighted by Gasteiger charge is -2.28. The van der Waals surface area contributed by atoms with E-state index in [4.69, 9.17) is 5.73 Å². The third-order valence-electron chi connectivity index (χ3n) is 3.78. The van der Waals surface area contributed by atoms with Crippen molar-refractivity contribution in [2.45, 2.75) is 51.7 Å². The maximum absolute atomic E-state index is 14.2. The van der Waals surface area contributed by atoms with Crippen LogP contribution in [0.5, 0.6) is 0 Å². The van der Waals surface area contributed by atoms with E-state index in [9.17, 15) is 9.18 Å². The summed E-state index contributed by atoms with van der Waals surface area (Å²) in [5, 5.41) is 3.30. The lowest BCUT2D eigenvalue weighted by atomic mass is 10.1. The lowest BCUT2D eigenvalue weighted by Crippen LogP contribution is -2.41. The molecule has 1 aliphatic rings. The molecule has 1 aliphatic heterocycles. The molecular weight excluding hydrogens is 269 g/mol. The summed E-state index contributed by atoms with van der Waals surface area (Å²) in [6, 6.07) is 4.67. The van der Waals surface area contributed by atoms with Gasteiger partial charge in [-0.1, -0.05) is 6.07 Å². The largest absolute Gasteiger partial charge is 0.368 e. The number of amides is 1. The fourth-order valence-corrected chi connectivity index (χ4v) is 2.70. The lowest BCUT2D eigenvalue weighted by molar-refractivity contribution is -0.119. The Morgan fingerprint density at radius 1 is 1.48 bits per heavy atom. The molecule has 0 radical (unpaired) electrons. The molecule has 4 nitrogen and oxygen atoms in total. The average Bonchev–Trinajstić information content (AvgIpc) is 2.85. The van der Waals surface area contributed by atoms with Gasteiger partial charge in [-0.05, 0) is 45.7 Å². The first-order valence-corrected chi connectivity index (χ1v) is 7.38. The highest BCUT2D eigenvalue weighted by Crippen LogP contribution is 2.30. The first-order valence-electron chi connectivity index (χ1n) is 7.38. The minimum Gasteiger partial charge on any atom is -0.368 e. The van der Waals surface area contributed by atoms with Crippen LogP contribution in [0.4, 0.5) is 10.1 Å². The Balaban J connectivity index is 2.31. The van der Waals surface area contributed by atoms with Gasteiger partial charge in [-0.25, -0.2) is 4.39 Å². The zero-order chi connectivity index (χ0) is 15.6. The van der Waals surface area contributed by atoms with Crippen LogP contribution >= 0.6 is 0 Å². The number of hydrogen-bond acceptors (Lipinski definition) is 3. The average molecular weight is 293 g/mol. The van der Waals surface area contributed by atoms with Crippen LogP contribution in [0.1, 0.15) is 39.2 Å². The number of carbonyl (C=O) groups excluding carboxylic acids is 1. The number of primary amides is 1. The molecule has 0 saturated carbocycles. The first kappa shape index (κ1) is 15.8. The standard InChI is InChI=1S/C16H24FN3O/c1-16(2,3)19-10-11-12(17)6-4-7-13(11)20-9-5-8-14(20)15(18)21/h4,6-7,14,19H,5,8-10H2,1-3H3,(H2,18,21). The zero-order valence-electron chi connectivity index (χ0n) is 12.9. The Bertz CT molecular complexity index is 525. The summed E-state index contributed by atoms with van der Waals surface area (Å²) >= 11 is 0. The van der Waals surface area contributed by atoms with E-state index >= 15 is 0 Å². The van der Waals surface area contributed by atoms with E-state index in [-0.39, 0.29) is 23.3 Å². The Morgan fingerprint density at radius 3 is 2.81 bits per heavy atom. The number of nitrogens with two attached hydrogens (primary N) is 1. The molecule has 1 heterocycles. The number of carbonyl (C=O) groups is 1. The van der Waals surface area contributed by atoms with Crippen LogP contribution in [-0.4, -0.2) is 24.0 Å². The number of nitrogens with one attached hydrogen (secondary N) is 1. The third-order valence-corrected chi connectivity index (χ3v) is 3.78. The van der Waals surface area contributed by atoms with Gasteiger partial charge in [0, 0.05) is 29.9 Å². The van der Waals surface area contributed by atoms with Gasteiger partial charge < -0.3 is 16.0 Å². The molecule has 0 aromatic heterocycles. The van der Waals surface area contributed by atoms with Crippen molar-refractivity contribution in [2.24, 2.45) is 5.73 Å². The van der Waals surface area contributed by atoms with Crippen molar-refractivity contribution < 1.29 is 9.18 Å². The van der Waals surface area contributed by atoms with Crippen LogP contribution in [0.15, 0.2) is 18.2 Å². The van der Waals surface area contributed by atoms with Crippen LogP contribution < -0.4 is 16.0 Å². The van der Waals surface area contributed by atoms with Crippen LogP contribution in [0.2, 0.25) is 0 Å². The summed E-state index contributed by atoms with van der Waals surface area (Å²) in [4.78, 5) is 13.5. The predicted octanol–water partition coefficient (Wildman–Crippen LogP) is 2.17. The van der Waals surface area contributed by atoms with E-state index < -0.39 is 0 Å². The second-order valence-corrected chi connectivity index (χ2v) is 6.59. The summed E-state index contributed by atoms with van der Waals surface area (Å²) in [5.74, 6) is -0.592. The number of anilines is 1. The Morgan fingerprint density at radius 2 is 2.19 bits per heavy atom. The van der Waals surface area contributed by atoms with Crippen LogP contribution in [-0.2, 0) is 11.3 Å². The van der Waals surface area contributed by atoms with E-state index in [2.05, 4.69) is 5.32 Å². The molecule has 21 heavy (non-hydrogen) atoms. The van der Waals surface area contributed by atoms with Crippen molar-refractivity contribution in [3.8, 4) is 0 Å². The molecule has 0 aliphatic carbocycles. The fourth-order valence-electron chi connectivity index (χ4n) is 2.70. The monoisotopic (exact) mass is 293 g/mol. The molecule has 1 saturated heterocycles. The van der Waals surface area contributed by atoms with Crippen molar-refractivity contribution in [1.82, 2.24) is 5.32 Å². The molecule has 1 atom stereocenters. The highest BCUT2D eigenvalue weighted by atomic mass is 19.1. The van der Waals surface area contributed by atoms with E-state index in [0.717, 1.165) is 25.1 Å². The first-order chi connectivity index (χ1) is 9.79. The summed E-state index contributed by atoms with van der Waals surface area (Å²) in [5.41, 5.74) is 6.73. The van der Waals surface area contributed by atoms with Gasteiger partial charge >= 0.3 is 0 Å². The van der Waals surface area contributed by atoms with E-state index in [1.165, 1.54) is 6.07 Å². The van der Waals surface area contributed by atoms with Crippen LogP contribution in [0, 0.1) is 5.82 Å². The molecule has 3 N–H and O–H groups in total. The number of halogens is 1. The zero-order valence-corrected chi connectivity index (χ0v) is 12.9. The fraction of sp³-hybridized carbons (Fsp3) is 0.562. The number of nitrogens with zero attached hydrogens (tertiary/aromatic N) is 1. The highest BCUT2D eigenvalue weighted by Gasteiger charge is 2.31. The van der Waals surface area contributed by atoms with Gasteiger partial charge in [0.05, 0.1) is 0 Å². The Hall–Kier alpha value is -1.62. The number of benzene rings is 1. The summed E-state index contributed by atoms with van der Waals surface area (Å²) in [6.45, 7) is 7.27.